The van der Waals surface area contributed by atoms with E-state index in [0.29, 0.717) is 0 Å². The number of nitrogens with zero attached hydrogens (tertiary/aromatic N) is 2. The van der Waals surface area contributed by atoms with Crippen molar-refractivity contribution in [3.8, 4) is 0 Å². The molecule has 0 aliphatic heterocycles. The zero-order valence-corrected chi connectivity index (χ0v) is 10.9. The minimum Gasteiger partial charge on any atom is -0.289 e. The maximum atomic E-state index is 12.3. The number of benzene rings is 1. The third-order valence-corrected chi connectivity index (χ3v) is 2.54. The van der Waals surface area contributed by atoms with Gasteiger partial charge in [-0.15, -0.1) is 5.10 Å². The largest absolute Gasteiger partial charge is 0.451 e. The third kappa shape index (κ3) is 3.40. The van der Waals surface area contributed by atoms with Gasteiger partial charge in [0.15, 0.2) is 0 Å². The average molecular weight is 325 g/mol. The van der Waals surface area contributed by atoms with Crippen LogP contribution in [0.2, 0.25) is 10.0 Å². The number of aromatic nitrogens is 3. The summed E-state index contributed by atoms with van der Waals surface area (Å²) in [7, 11) is 0. The van der Waals surface area contributed by atoms with Crippen molar-refractivity contribution in [2.45, 2.75) is 6.18 Å². The van der Waals surface area contributed by atoms with Crippen LogP contribution in [-0.4, -0.2) is 21.1 Å². The number of aromatic amines is 1. The van der Waals surface area contributed by atoms with Gasteiger partial charge in [0, 0.05) is 15.6 Å². The van der Waals surface area contributed by atoms with E-state index < -0.39 is 23.9 Å². The zero-order chi connectivity index (χ0) is 14.9. The van der Waals surface area contributed by atoms with Gasteiger partial charge in [-0.2, -0.15) is 18.2 Å². The summed E-state index contributed by atoms with van der Waals surface area (Å²) in [6.07, 6.45) is -4.67. The highest BCUT2D eigenvalue weighted by atomic mass is 35.5. The van der Waals surface area contributed by atoms with E-state index in [1.165, 1.54) is 18.2 Å². The number of hydrogen-bond donors (Lipinski definition) is 2. The summed E-state index contributed by atoms with van der Waals surface area (Å²) in [6.45, 7) is 0. The normalized spacial score (nSPS) is 11.4. The fraction of sp³-hybridized carbons (Fsp3) is 0.100. The number of alkyl halides is 3. The summed E-state index contributed by atoms with van der Waals surface area (Å²) >= 11 is 11.4. The lowest BCUT2D eigenvalue weighted by atomic mass is 10.2. The standard InChI is InChI=1S/C10H5Cl2F3N4O/c11-5-1-4(2-6(12)3-5)7(20)16-9-17-8(18-19-9)10(13,14)15/h1-3H,(H2,16,17,18,19,20). The molecule has 20 heavy (non-hydrogen) atoms. The molecular weight excluding hydrogens is 320 g/mol. The number of H-pyrrole nitrogens is 1. The monoisotopic (exact) mass is 324 g/mol. The molecule has 2 rings (SSSR count). The SMILES string of the molecule is O=C(Nc1n[nH]c(C(F)(F)F)n1)c1cc(Cl)cc(Cl)c1. The van der Waals surface area contributed by atoms with Gasteiger partial charge in [0.2, 0.25) is 11.8 Å². The minimum atomic E-state index is -4.67. The summed E-state index contributed by atoms with van der Waals surface area (Å²) in [5.41, 5.74) is 0.0702. The Labute approximate surface area is 120 Å². The van der Waals surface area contributed by atoms with E-state index in [4.69, 9.17) is 23.2 Å². The van der Waals surface area contributed by atoms with Crippen molar-refractivity contribution in [2.75, 3.05) is 5.32 Å². The number of halogens is 5. The second kappa shape index (κ2) is 5.29. The number of carbonyl (C=O) groups is 1. The molecule has 0 bridgehead atoms. The van der Waals surface area contributed by atoms with Crippen molar-refractivity contribution in [1.82, 2.24) is 15.2 Å². The molecule has 1 heterocycles. The first-order chi connectivity index (χ1) is 9.25. The summed E-state index contributed by atoms with van der Waals surface area (Å²) in [5.74, 6) is -2.54. The molecule has 2 N–H and O–H groups in total. The van der Waals surface area contributed by atoms with Crippen LogP contribution in [0.1, 0.15) is 16.2 Å². The number of hydrogen-bond acceptors (Lipinski definition) is 3. The van der Waals surface area contributed by atoms with Gasteiger partial charge in [0.25, 0.3) is 5.91 Å². The van der Waals surface area contributed by atoms with E-state index in [2.05, 4.69) is 15.4 Å². The molecule has 0 radical (unpaired) electrons. The third-order valence-electron chi connectivity index (χ3n) is 2.10. The van der Waals surface area contributed by atoms with Gasteiger partial charge >= 0.3 is 6.18 Å². The second-order valence-corrected chi connectivity index (χ2v) is 4.49. The Balaban J connectivity index is 2.17. The predicted molar refractivity (Wildman–Crippen MR) is 65.8 cm³/mol. The maximum Gasteiger partial charge on any atom is 0.451 e. The first-order valence-electron chi connectivity index (χ1n) is 5.03. The molecule has 1 amide bonds. The fourth-order valence-electron chi connectivity index (χ4n) is 1.30. The van der Waals surface area contributed by atoms with Crippen LogP contribution in [0.3, 0.4) is 0 Å². The topological polar surface area (TPSA) is 70.7 Å². The molecule has 0 aliphatic rings. The summed E-state index contributed by atoms with van der Waals surface area (Å²) in [6, 6.07) is 4.02. The Morgan fingerprint density at radius 3 is 2.30 bits per heavy atom. The lowest BCUT2D eigenvalue weighted by Gasteiger charge is -2.02. The van der Waals surface area contributed by atoms with Gasteiger partial charge in [-0.1, -0.05) is 23.2 Å². The number of rotatable bonds is 2. The van der Waals surface area contributed by atoms with Gasteiger partial charge in [-0.05, 0) is 18.2 Å². The van der Waals surface area contributed by atoms with E-state index >= 15 is 0 Å². The van der Waals surface area contributed by atoms with Crippen LogP contribution in [0.4, 0.5) is 19.1 Å². The van der Waals surface area contributed by atoms with Crippen LogP contribution in [0.25, 0.3) is 0 Å². The summed E-state index contributed by atoms with van der Waals surface area (Å²) < 4.78 is 36.9. The van der Waals surface area contributed by atoms with Gasteiger partial charge in [0.05, 0.1) is 0 Å². The number of amides is 1. The highest BCUT2D eigenvalue weighted by molar-refractivity contribution is 6.35. The van der Waals surface area contributed by atoms with Gasteiger partial charge in [-0.3, -0.25) is 15.2 Å². The lowest BCUT2D eigenvalue weighted by Crippen LogP contribution is -2.13. The Bertz CT molecular complexity index is 636. The molecular formula is C10H5Cl2F3N4O. The molecule has 0 saturated carbocycles. The molecule has 106 valence electrons. The minimum absolute atomic E-state index is 0.0702. The fourth-order valence-corrected chi connectivity index (χ4v) is 1.83. The molecule has 0 unspecified atom stereocenters. The van der Waals surface area contributed by atoms with E-state index in [1.807, 2.05) is 0 Å². The van der Waals surface area contributed by atoms with Crippen LogP contribution in [0, 0.1) is 0 Å². The maximum absolute atomic E-state index is 12.3. The van der Waals surface area contributed by atoms with Crippen molar-refractivity contribution in [1.29, 1.82) is 0 Å². The smallest absolute Gasteiger partial charge is 0.289 e. The van der Waals surface area contributed by atoms with Gasteiger partial charge in [-0.25, -0.2) is 0 Å². The Hall–Kier alpha value is -1.80. The second-order valence-electron chi connectivity index (χ2n) is 3.62. The molecule has 0 spiro atoms. The van der Waals surface area contributed by atoms with E-state index in [1.54, 1.807) is 5.10 Å². The van der Waals surface area contributed by atoms with Crippen LogP contribution in [0.5, 0.6) is 0 Å². The van der Waals surface area contributed by atoms with Gasteiger partial charge in [0.1, 0.15) is 0 Å². The van der Waals surface area contributed by atoms with Crippen LogP contribution >= 0.6 is 23.2 Å². The van der Waals surface area contributed by atoms with E-state index in [0.717, 1.165) is 0 Å². The van der Waals surface area contributed by atoms with Crippen LogP contribution < -0.4 is 5.32 Å². The van der Waals surface area contributed by atoms with Crippen molar-refractivity contribution in [3.05, 3.63) is 39.6 Å². The number of nitrogens with one attached hydrogen (secondary N) is 2. The summed E-state index contributed by atoms with van der Waals surface area (Å²) in [4.78, 5) is 14.9. The quantitative estimate of drug-likeness (QED) is 0.889. The van der Waals surface area contributed by atoms with E-state index in [9.17, 15) is 18.0 Å². The molecule has 0 saturated heterocycles. The first-order valence-corrected chi connectivity index (χ1v) is 5.78. The highest BCUT2D eigenvalue weighted by Crippen LogP contribution is 2.26. The van der Waals surface area contributed by atoms with Gasteiger partial charge < -0.3 is 0 Å². The Morgan fingerprint density at radius 2 is 1.80 bits per heavy atom. The predicted octanol–water partition coefficient (Wildman–Crippen LogP) is 3.38. The summed E-state index contributed by atoms with van der Waals surface area (Å²) in [5, 5.41) is 7.44. The van der Waals surface area contributed by atoms with Crippen molar-refractivity contribution in [3.63, 3.8) is 0 Å². The molecule has 0 aliphatic carbocycles. The number of carbonyl (C=O) groups excluding carboxylic acids is 1. The van der Waals surface area contributed by atoms with Crippen LogP contribution in [0.15, 0.2) is 18.2 Å². The molecule has 2 aromatic rings. The van der Waals surface area contributed by atoms with Crippen molar-refractivity contribution < 1.29 is 18.0 Å². The van der Waals surface area contributed by atoms with Crippen molar-refractivity contribution >= 4 is 35.1 Å². The number of anilines is 1. The molecule has 1 aromatic carbocycles. The lowest BCUT2D eigenvalue weighted by molar-refractivity contribution is -0.144. The molecule has 1 aromatic heterocycles. The molecule has 5 nitrogen and oxygen atoms in total. The van der Waals surface area contributed by atoms with Crippen LogP contribution in [-0.2, 0) is 6.18 Å². The molecule has 0 atom stereocenters. The Kier molecular flexibility index (Phi) is 3.87. The average Bonchev–Trinajstić information content (AvgIpc) is 2.75. The Morgan fingerprint density at radius 1 is 1.20 bits per heavy atom. The highest BCUT2D eigenvalue weighted by Gasteiger charge is 2.35. The molecule has 0 fully saturated rings. The zero-order valence-electron chi connectivity index (χ0n) is 9.42. The van der Waals surface area contributed by atoms with Crippen molar-refractivity contribution in [2.24, 2.45) is 0 Å². The first kappa shape index (κ1) is 14.6. The molecule has 10 heteroatoms. The van der Waals surface area contributed by atoms with E-state index in [-0.39, 0.29) is 15.6 Å².